The third kappa shape index (κ3) is 3.51. The van der Waals surface area contributed by atoms with Crippen LogP contribution in [-0.2, 0) is 0 Å². The van der Waals surface area contributed by atoms with Gasteiger partial charge in [-0.1, -0.05) is 90.9 Å². The molecule has 1 atom stereocenters. The molecular formula is C20H25Br. The Morgan fingerprint density at radius 3 is 2.48 bits per heavy atom. The van der Waals surface area contributed by atoms with Crippen LogP contribution in [0.25, 0.3) is 10.8 Å². The average molecular weight is 345 g/mol. The first kappa shape index (κ1) is 15.1. The number of hydrogen-bond donors (Lipinski definition) is 0. The Labute approximate surface area is 137 Å². The Morgan fingerprint density at radius 2 is 1.71 bits per heavy atom. The zero-order chi connectivity index (χ0) is 14.7. The standard InChI is InChI=1S/C20H25Br/c1-15-12-13-17-10-6-7-11-18(17)20(15)19(21)14-16-8-4-2-3-5-9-16/h6-7,10-13,16,19H,2-5,8-9,14H2,1H3. The van der Waals surface area contributed by atoms with Crippen molar-refractivity contribution in [1.29, 1.82) is 0 Å². The summed E-state index contributed by atoms with van der Waals surface area (Å²) in [7, 11) is 0. The van der Waals surface area contributed by atoms with Crippen molar-refractivity contribution in [3.8, 4) is 0 Å². The van der Waals surface area contributed by atoms with Crippen LogP contribution in [0.3, 0.4) is 0 Å². The predicted molar refractivity (Wildman–Crippen MR) is 96.2 cm³/mol. The van der Waals surface area contributed by atoms with Gasteiger partial charge in [-0.25, -0.2) is 0 Å². The molecule has 0 spiro atoms. The lowest BCUT2D eigenvalue weighted by Crippen LogP contribution is -2.05. The quantitative estimate of drug-likeness (QED) is 0.417. The van der Waals surface area contributed by atoms with Gasteiger partial charge in [0, 0.05) is 4.83 Å². The molecule has 3 rings (SSSR count). The van der Waals surface area contributed by atoms with Gasteiger partial charge in [-0.3, -0.25) is 0 Å². The van der Waals surface area contributed by atoms with Crippen LogP contribution >= 0.6 is 15.9 Å². The SMILES string of the molecule is Cc1ccc2ccccc2c1C(Br)CC1CCCCCC1. The van der Waals surface area contributed by atoms with Crippen LogP contribution in [0, 0.1) is 12.8 Å². The molecule has 0 nitrogen and oxygen atoms in total. The summed E-state index contributed by atoms with van der Waals surface area (Å²) >= 11 is 4.02. The number of hydrogen-bond acceptors (Lipinski definition) is 0. The lowest BCUT2D eigenvalue weighted by atomic mass is 9.89. The third-order valence-electron chi connectivity index (χ3n) is 5.02. The van der Waals surface area contributed by atoms with E-state index in [1.165, 1.54) is 66.8 Å². The number of benzene rings is 2. The molecule has 2 aromatic rings. The molecule has 0 amide bonds. The highest BCUT2D eigenvalue weighted by atomic mass is 79.9. The van der Waals surface area contributed by atoms with Gasteiger partial charge in [0.25, 0.3) is 0 Å². The zero-order valence-corrected chi connectivity index (χ0v) is 14.5. The first-order valence-corrected chi connectivity index (χ1v) is 9.29. The fourth-order valence-electron chi connectivity index (χ4n) is 3.83. The van der Waals surface area contributed by atoms with Gasteiger partial charge in [-0.2, -0.15) is 0 Å². The molecule has 0 radical (unpaired) electrons. The number of aryl methyl sites for hydroxylation is 1. The Kier molecular flexibility index (Phi) is 5.00. The largest absolute Gasteiger partial charge is 0.0838 e. The van der Waals surface area contributed by atoms with Crippen molar-refractivity contribution in [3.63, 3.8) is 0 Å². The van der Waals surface area contributed by atoms with Gasteiger partial charge in [-0.15, -0.1) is 0 Å². The van der Waals surface area contributed by atoms with Crippen molar-refractivity contribution in [3.05, 3.63) is 47.5 Å². The zero-order valence-electron chi connectivity index (χ0n) is 12.9. The lowest BCUT2D eigenvalue weighted by molar-refractivity contribution is 0.427. The van der Waals surface area contributed by atoms with Crippen molar-refractivity contribution < 1.29 is 0 Å². The highest BCUT2D eigenvalue weighted by Crippen LogP contribution is 2.39. The number of halogens is 1. The van der Waals surface area contributed by atoms with E-state index < -0.39 is 0 Å². The van der Waals surface area contributed by atoms with E-state index in [1.807, 2.05) is 0 Å². The van der Waals surface area contributed by atoms with Gasteiger partial charge in [0.2, 0.25) is 0 Å². The van der Waals surface area contributed by atoms with E-state index in [9.17, 15) is 0 Å². The van der Waals surface area contributed by atoms with E-state index in [0.717, 1.165) is 5.92 Å². The van der Waals surface area contributed by atoms with Gasteiger partial charge in [-0.05, 0) is 41.2 Å². The molecule has 0 saturated heterocycles. The second-order valence-corrected chi connectivity index (χ2v) is 7.68. The summed E-state index contributed by atoms with van der Waals surface area (Å²) in [5, 5.41) is 2.79. The Morgan fingerprint density at radius 1 is 1.00 bits per heavy atom. The van der Waals surface area contributed by atoms with Gasteiger partial charge in [0.1, 0.15) is 0 Å². The summed E-state index contributed by atoms with van der Waals surface area (Å²) in [5.41, 5.74) is 2.93. The second kappa shape index (κ2) is 6.96. The normalized spacial score (nSPS) is 18.6. The van der Waals surface area contributed by atoms with Crippen LogP contribution < -0.4 is 0 Å². The Bertz CT molecular complexity index is 594. The van der Waals surface area contributed by atoms with Gasteiger partial charge < -0.3 is 0 Å². The lowest BCUT2D eigenvalue weighted by Gasteiger charge is -2.21. The van der Waals surface area contributed by atoms with Crippen molar-refractivity contribution in [1.82, 2.24) is 0 Å². The van der Waals surface area contributed by atoms with Gasteiger partial charge >= 0.3 is 0 Å². The van der Waals surface area contributed by atoms with E-state index >= 15 is 0 Å². The maximum Gasteiger partial charge on any atom is 0.0406 e. The third-order valence-corrected chi connectivity index (χ3v) is 5.85. The van der Waals surface area contributed by atoms with E-state index in [1.54, 1.807) is 0 Å². The van der Waals surface area contributed by atoms with Crippen LogP contribution in [0.4, 0.5) is 0 Å². The molecule has 1 fully saturated rings. The Hall–Kier alpha value is -0.820. The van der Waals surface area contributed by atoms with E-state index in [4.69, 9.17) is 0 Å². The molecule has 0 heterocycles. The molecule has 2 aromatic carbocycles. The molecule has 112 valence electrons. The molecule has 0 aliphatic heterocycles. The first-order valence-electron chi connectivity index (χ1n) is 8.38. The maximum atomic E-state index is 4.02. The molecule has 1 aliphatic carbocycles. The monoisotopic (exact) mass is 344 g/mol. The van der Waals surface area contributed by atoms with Crippen LogP contribution in [0.15, 0.2) is 36.4 Å². The summed E-state index contributed by atoms with van der Waals surface area (Å²) in [6.07, 6.45) is 9.87. The van der Waals surface area contributed by atoms with E-state index in [-0.39, 0.29) is 0 Å². The van der Waals surface area contributed by atoms with E-state index in [2.05, 4.69) is 59.3 Å². The van der Waals surface area contributed by atoms with Crippen LogP contribution in [-0.4, -0.2) is 0 Å². The van der Waals surface area contributed by atoms with E-state index in [0.29, 0.717) is 4.83 Å². The van der Waals surface area contributed by atoms with Gasteiger partial charge in [0.15, 0.2) is 0 Å². The highest BCUT2D eigenvalue weighted by molar-refractivity contribution is 9.09. The molecule has 0 aromatic heterocycles. The van der Waals surface area contributed by atoms with Crippen molar-refractivity contribution in [2.75, 3.05) is 0 Å². The molecular weight excluding hydrogens is 320 g/mol. The molecule has 1 aliphatic rings. The number of alkyl halides is 1. The summed E-state index contributed by atoms with van der Waals surface area (Å²) < 4.78 is 0. The minimum absolute atomic E-state index is 0.492. The van der Waals surface area contributed by atoms with Crippen molar-refractivity contribution >= 4 is 26.7 Å². The molecule has 0 bridgehead atoms. The van der Waals surface area contributed by atoms with Gasteiger partial charge in [0.05, 0.1) is 0 Å². The average Bonchev–Trinajstić information content (AvgIpc) is 2.75. The predicted octanol–water partition coefficient (Wildman–Crippen LogP) is 6.94. The second-order valence-electron chi connectivity index (χ2n) is 6.58. The van der Waals surface area contributed by atoms with Crippen LogP contribution in [0.5, 0.6) is 0 Å². The summed E-state index contributed by atoms with van der Waals surface area (Å²) in [5.74, 6) is 0.898. The molecule has 1 heteroatoms. The summed E-state index contributed by atoms with van der Waals surface area (Å²) in [4.78, 5) is 0.492. The van der Waals surface area contributed by atoms with Crippen LogP contribution in [0.1, 0.15) is 60.9 Å². The van der Waals surface area contributed by atoms with Crippen molar-refractivity contribution in [2.24, 2.45) is 5.92 Å². The smallest absolute Gasteiger partial charge is 0.0406 e. The molecule has 21 heavy (non-hydrogen) atoms. The number of fused-ring (bicyclic) bond motifs is 1. The molecule has 1 saturated carbocycles. The fourth-order valence-corrected chi connectivity index (χ4v) is 4.97. The maximum absolute atomic E-state index is 4.02. The Balaban J connectivity index is 1.86. The minimum Gasteiger partial charge on any atom is -0.0838 e. The van der Waals surface area contributed by atoms with Crippen molar-refractivity contribution in [2.45, 2.75) is 56.7 Å². The summed E-state index contributed by atoms with van der Waals surface area (Å²) in [6, 6.07) is 13.3. The minimum atomic E-state index is 0.492. The highest BCUT2D eigenvalue weighted by Gasteiger charge is 2.20. The van der Waals surface area contributed by atoms with Crippen LogP contribution in [0.2, 0.25) is 0 Å². The fraction of sp³-hybridized carbons (Fsp3) is 0.500. The molecule has 1 unspecified atom stereocenters. The topological polar surface area (TPSA) is 0 Å². The number of rotatable bonds is 3. The summed E-state index contributed by atoms with van der Waals surface area (Å²) in [6.45, 7) is 2.25. The molecule has 0 N–H and O–H groups in total. The first-order chi connectivity index (χ1) is 10.3.